The van der Waals surface area contributed by atoms with Crippen molar-refractivity contribution in [1.29, 1.82) is 0 Å². The fourth-order valence-electron chi connectivity index (χ4n) is 1.20. The Morgan fingerprint density at radius 2 is 2.18 bits per heavy atom. The fraction of sp³-hybridized carbons (Fsp3) is 0.667. The number of nitro groups is 1. The minimum atomic E-state index is -1.15. The second-order valence-corrected chi connectivity index (χ2v) is 3.84. The van der Waals surface area contributed by atoms with Crippen LogP contribution in [0.3, 0.4) is 0 Å². The summed E-state index contributed by atoms with van der Waals surface area (Å²) in [7, 11) is 0. The molecule has 5 heteroatoms. The van der Waals surface area contributed by atoms with Gasteiger partial charge in [0.25, 0.3) is 5.70 Å². The van der Waals surface area contributed by atoms with E-state index in [1.807, 2.05) is 0 Å². The summed E-state index contributed by atoms with van der Waals surface area (Å²) in [5.74, 6) is 0. The zero-order valence-corrected chi connectivity index (χ0v) is 7.02. The van der Waals surface area contributed by atoms with Crippen LogP contribution in [0.5, 0.6) is 0 Å². The number of allylic oxidation sites excluding steroid dienone is 2. The lowest BCUT2D eigenvalue weighted by Gasteiger charge is -2.02. The predicted octanol–water partition coefficient (Wildman–Crippen LogP) is 1.04. The molecule has 4 nitrogen and oxygen atoms in total. The maximum atomic E-state index is 10.9. The second kappa shape index (κ2) is 3.23. The van der Waals surface area contributed by atoms with Crippen LogP contribution in [-0.4, -0.2) is 15.7 Å². The molecular formula is C6H9NO3S. The van der Waals surface area contributed by atoms with E-state index in [0.29, 0.717) is 17.7 Å². The maximum absolute atomic E-state index is 10.9. The monoisotopic (exact) mass is 175 g/mol. The van der Waals surface area contributed by atoms with Gasteiger partial charge in [0.15, 0.2) is 0 Å². The molecule has 1 atom stereocenters. The molecule has 1 unspecified atom stereocenters. The predicted molar refractivity (Wildman–Crippen MR) is 41.9 cm³/mol. The first-order valence-electron chi connectivity index (χ1n) is 3.32. The Labute approximate surface area is 67.6 Å². The third-order valence-corrected chi connectivity index (χ3v) is 2.84. The molecule has 1 aliphatic rings. The van der Waals surface area contributed by atoms with Gasteiger partial charge in [0.1, 0.15) is 6.26 Å². The van der Waals surface area contributed by atoms with Crippen molar-refractivity contribution < 1.29 is 9.48 Å². The highest BCUT2D eigenvalue weighted by atomic mass is 32.2. The largest absolute Gasteiger partial charge is 0.612 e. The van der Waals surface area contributed by atoms with Crippen LogP contribution in [0.25, 0.3) is 0 Å². The van der Waals surface area contributed by atoms with E-state index in [1.165, 1.54) is 6.26 Å². The first kappa shape index (κ1) is 8.55. The van der Waals surface area contributed by atoms with Gasteiger partial charge in [0.2, 0.25) is 4.91 Å². The Morgan fingerprint density at radius 1 is 1.55 bits per heavy atom. The van der Waals surface area contributed by atoms with Gasteiger partial charge in [-0.15, -0.1) is 0 Å². The zero-order chi connectivity index (χ0) is 8.43. The lowest BCUT2D eigenvalue weighted by Crippen LogP contribution is -2.05. The van der Waals surface area contributed by atoms with E-state index < -0.39 is 16.1 Å². The normalized spacial score (nSPS) is 20.5. The van der Waals surface area contributed by atoms with E-state index in [0.717, 1.165) is 6.42 Å². The molecule has 0 aromatic rings. The van der Waals surface area contributed by atoms with Gasteiger partial charge in [-0.2, -0.15) is 0 Å². The molecule has 0 radical (unpaired) electrons. The molecule has 0 saturated heterocycles. The van der Waals surface area contributed by atoms with Crippen molar-refractivity contribution in [3.05, 3.63) is 20.7 Å². The van der Waals surface area contributed by atoms with Gasteiger partial charge in [0, 0.05) is 12.8 Å². The number of hydrogen-bond donors (Lipinski definition) is 0. The molecule has 0 saturated carbocycles. The molecule has 1 rings (SSSR count). The molecule has 0 spiro atoms. The highest BCUT2D eigenvalue weighted by Gasteiger charge is 2.30. The first-order chi connectivity index (χ1) is 5.13. The van der Waals surface area contributed by atoms with E-state index >= 15 is 0 Å². The highest BCUT2D eigenvalue weighted by molar-refractivity contribution is 7.94. The topological polar surface area (TPSA) is 66.2 Å². The Hall–Kier alpha value is -0.550. The lowest BCUT2D eigenvalue weighted by atomic mass is 10.3. The van der Waals surface area contributed by atoms with E-state index in [-0.39, 0.29) is 5.70 Å². The van der Waals surface area contributed by atoms with Crippen LogP contribution < -0.4 is 0 Å². The fourth-order valence-corrected chi connectivity index (χ4v) is 2.14. The summed E-state index contributed by atoms with van der Waals surface area (Å²) in [5.41, 5.74) is 0.172. The van der Waals surface area contributed by atoms with Crippen molar-refractivity contribution in [2.45, 2.75) is 19.3 Å². The van der Waals surface area contributed by atoms with Crippen molar-refractivity contribution in [2.24, 2.45) is 0 Å². The van der Waals surface area contributed by atoms with E-state index in [9.17, 15) is 14.7 Å². The summed E-state index contributed by atoms with van der Waals surface area (Å²) < 4.78 is 10.9. The summed E-state index contributed by atoms with van der Waals surface area (Å²) in [6, 6.07) is 0. The molecule has 0 aromatic carbocycles. The summed E-state index contributed by atoms with van der Waals surface area (Å²) in [4.78, 5) is 10.4. The Bertz CT molecular complexity index is 212. The molecular weight excluding hydrogens is 166 g/mol. The van der Waals surface area contributed by atoms with Gasteiger partial charge in [-0.25, -0.2) is 0 Å². The molecule has 0 N–H and O–H groups in total. The SMILES string of the molecule is C[S+]([O-])C1=C([N+](=O)[O-])CCC1. The number of hydrogen-bond acceptors (Lipinski definition) is 3. The van der Waals surface area contributed by atoms with Gasteiger partial charge in [-0.05, 0) is 17.6 Å². The average molecular weight is 175 g/mol. The standard InChI is InChI=1S/C6H9NO3S/c1-11(10)6-4-2-3-5(6)7(8)9/h2-4H2,1H3. The molecule has 0 amide bonds. The summed E-state index contributed by atoms with van der Waals surface area (Å²) in [6.07, 6.45) is 3.36. The average Bonchev–Trinajstić information content (AvgIpc) is 2.32. The van der Waals surface area contributed by atoms with Crippen LogP contribution in [0.15, 0.2) is 10.6 Å². The lowest BCUT2D eigenvalue weighted by molar-refractivity contribution is -0.427. The molecule has 11 heavy (non-hydrogen) atoms. The van der Waals surface area contributed by atoms with Crippen LogP contribution in [0, 0.1) is 10.1 Å². The smallest absolute Gasteiger partial charge is 0.296 e. The van der Waals surface area contributed by atoms with Gasteiger partial charge >= 0.3 is 0 Å². The van der Waals surface area contributed by atoms with Crippen molar-refractivity contribution in [2.75, 3.05) is 6.26 Å². The summed E-state index contributed by atoms with van der Waals surface area (Å²) in [6.45, 7) is 0. The minimum Gasteiger partial charge on any atom is -0.612 e. The van der Waals surface area contributed by atoms with Crippen LogP contribution in [0.4, 0.5) is 0 Å². The number of nitrogens with zero attached hydrogens (tertiary/aromatic N) is 1. The van der Waals surface area contributed by atoms with Crippen molar-refractivity contribution in [1.82, 2.24) is 0 Å². The van der Waals surface area contributed by atoms with Gasteiger partial charge < -0.3 is 4.55 Å². The van der Waals surface area contributed by atoms with Crippen LogP contribution in [-0.2, 0) is 11.2 Å². The first-order valence-corrected chi connectivity index (χ1v) is 4.88. The van der Waals surface area contributed by atoms with Gasteiger partial charge in [-0.3, -0.25) is 10.1 Å². The van der Waals surface area contributed by atoms with Crippen molar-refractivity contribution >= 4 is 11.2 Å². The van der Waals surface area contributed by atoms with Crippen LogP contribution in [0.1, 0.15) is 19.3 Å². The molecule has 0 fully saturated rings. The van der Waals surface area contributed by atoms with E-state index in [2.05, 4.69) is 0 Å². The highest BCUT2D eigenvalue weighted by Crippen LogP contribution is 2.29. The molecule has 0 aliphatic heterocycles. The molecule has 0 bridgehead atoms. The molecule has 0 aromatic heterocycles. The Kier molecular flexibility index (Phi) is 2.51. The Balaban J connectivity index is 2.86. The van der Waals surface area contributed by atoms with Crippen LogP contribution >= 0.6 is 0 Å². The summed E-state index contributed by atoms with van der Waals surface area (Å²) >= 11 is -1.15. The van der Waals surface area contributed by atoms with Crippen molar-refractivity contribution in [3.63, 3.8) is 0 Å². The van der Waals surface area contributed by atoms with Gasteiger partial charge in [-0.1, -0.05) is 0 Å². The molecule has 1 aliphatic carbocycles. The third-order valence-electron chi connectivity index (χ3n) is 1.71. The van der Waals surface area contributed by atoms with E-state index in [1.54, 1.807) is 0 Å². The van der Waals surface area contributed by atoms with Gasteiger partial charge in [0.05, 0.1) is 4.92 Å². The van der Waals surface area contributed by atoms with E-state index in [4.69, 9.17) is 0 Å². The van der Waals surface area contributed by atoms with Crippen molar-refractivity contribution in [3.8, 4) is 0 Å². The zero-order valence-electron chi connectivity index (χ0n) is 6.20. The summed E-state index contributed by atoms with van der Waals surface area (Å²) in [5, 5.41) is 10.3. The minimum absolute atomic E-state index is 0.172. The second-order valence-electron chi connectivity index (χ2n) is 2.43. The third kappa shape index (κ3) is 1.72. The Morgan fingerprint density at radius 3 is 2.55 bits per heavy atom. The molecule has 0 heterocycles. The molecule has 62 valence electrons. The maximum Gasteiger partial charge on any atom is 0.296 e. The number of rotatable bonds is 2. The quantitative estimate of drug-likeness (QED) is 0.357. The van der Waals surface area contributed by atoms with Crippen LogP contribution in [0.2, 0.25) is 0 Å².